The van der Waals surface area contributed by atoms with E-state index in [1.807, 2.05) is 48.5 Å². The Kier molecular flexibility index (Phi) is 5.94. The van der Waals surface area contributed by atoms with Gasteiger partial charge in [0.2, 0.25) is 0 Å². The molecule has 4 aromatic rings. The van der Waals surface area contributed by atoms with Crippen molar-refractivity contribution in [2.45, 2.75) is 32.2 Å². The molecule has 0 aliphatic carbocycles. The van der Waals surface area contributed by atoms with Crippen LogP contribution in [0.4, 0.5) is 0 Å². The molecule has 5 nitrogen and oxygen atoms in total. The van der Waals surface area contributed by atoms with Crippen molar-refractivity contribution in [3.8, 4) is 11.1 Å². The van der Waals surface area contributed by atoms with Gasteiger partial charge in [0.25, 0.3) is 11.8 Å². The number of benzene rings is 2. The SMILES string of the molecule is O=C1c2cccc3cccc(c23)C(=O)N1CCCCCC[n+]1ccc(-c2ccncc2)cc1. The van der Waals surface area contributed by atoms with Crippen molar-refractivity contribution in [1.29, 1.82) is 0 Å². The standard InChI is InChI=1S/C28H26N3O2/c32-27-24-9-5-7-23-8-6-10-25(26(23)24)28(33)31(27)18-4-2-1-3-17-30-19-13-22(14-20-30)21-11-15-29-16-12-21/h5-16,19-20H,1-4,17-18H2/q+1. The second kappa shape index (κ2) is 9.33. The highest BCUT2D eigenvalue weighted by atomic mass is 16.2. The number of hydrogen-bond donors (Lipinski definition) is 0. The minimum absolute atomic E-state index is 0.172. The van der Waals surface area contributed by atoms with E-state index in [0.717, 1.165) is 48.6 Å². The zero-order valence-electron chi connectivity index (χ0n) is 18.5. The molecule has 2 aromatic heterocycles. The average molecular weight is 437 g/mol. The first kappa shape index (κ1) is 21.0. The van der Waals surface area contributed by atoms with Gasteiger partial charge in [0.1, 0.15) is 6.54 Å². The fourth-order valence-electron chi connectivity index (χ4n) is 4.54. The highest BCUT2D eigenvalue weighted by Crippen LogP contribution is 2.30. The zero-order valence-corrected chi connectivity index (χ0v) is 18.5. The highest BCUT2D eigenvalue weighted by Gasteiger charge is 2.31. The van der Waals surface area contributed by atoms with Crippen LogP contribution in [-0.2, 0) is 6.54 Å². The van der Waals surface area contributed by atoms with Crippen molar-refractivity contribution in [3.05, 3.63) is 96.6 Å². The second-order valence-corrected chi connectivity index (χ2v) is 8.45. The lowest BCUT2D eigenvalue weighted by molar-refractivity contribution is -0.697. The molecule has 0 radical (unpaired) electrons. The molecule has 2 amide bonds. The normalized spacial score (nSPS) is 13.0. The molecule has 0 saturated carbocycles. The van der Waals surface area contributed by atoms with Crippen LogP contribution in [0, 0.1) is 0 Å². The van der Waals surface area contributed by atoms with Gasteiger partial charge in [-0.15, -0.1) is 0 Å². The summed E-state index contributed by atoms with van der Waals surface area (Å²) in [5.41, 5.74) is 3.61. The molecule has 0 fully saturated rings. The fraction of sp³-hybridized carbons (Fsp3) is 0.214. The number of hydrogen-bond acceptors (Lipinski definition) is 3. The Morgan fingerprint density at radius 1 is 0.697 bits per heavy atom. The fourth-order valence-corrected chi connectivity index (χ4v) is 4.54. The number of pyridine rings is 2. The van der Waals surface area contributed by atoms with E-state index in [2.05, 4.69) is 34.1 Å². The van der Waals surface area contributed by atoms with Crippen LogP contribution >= 0.6 is 0 Å². The molecule has 33 heavy (non-hydrogen) atoms. The van der Waals surface area contributed by atoms with Crippen molar-refractivity contribution in [2.24, 2.45) is 0 Å². The van der Waals surface area contributed by atoms with E-state index in [1.165, 1.54) is 10.5 Å². The monoisotopic (exact) mass is 436 g/mol. The Morgan fingerprint density at radius 2 is 1.30 bits per heavy atom. The van der Waals surface area contributed by atoms with E-state index in [-0.39, 0.29) is 11.8 Å². The first-order valence-corrected chi connectivity index (χ1v) is 11.5. The van der Waals surface area contributed by atoms with Crippen molar-refractivity contribution < 1.29 is 14.2 Å². The van der Waals surface area contributed by atoms with Gasteiger partial charge in [0.05, 0.1) is 0 Å². The quantitative estimate of drug-likeness (QED) is 0.221. The van der Waals surface area contributed by atoms with E-state index < -0.39 is 0 Å². The number of unbranched alkanes of at least 4 members (excludes halogenated alkanes) is 3. The number of nitrogens with zero attached hydrogens (tertiary/aromatic N) is 3. The Hall–Kier alpha value is -3.86. The number of amides is 2. The van der Waals surface area contributed by atoms with E-state index in [9.17, 15) is 9.59 Å². The third-order valence-corrected chi connectivity index (χ3v) is 6.31. The van der Waals surface area contributed by atoms with Crippen LogP contribution in [0.5, 0.6) is 0 Å². The first-order chi connectivity index (χ1) is 16.2. The lowest BCUT2D eigenvalue weighted by atomic mass is 9.94. The Bertz CT molecular complexity index is 1250. The molecule has 0 bridgehead atoms. The molecule has 0 unspecified atom stereocenters. The van der Waals surface area contributed by atoms with Gasteiger partial charge in [-0.2, -0.15) is 0 Å². The molecule has 5 rings (SSSR count). The Morgan fingerprint density at radius 3 is 1.97 bits per heavy atom. The van der Waals surface area contributed by atoms with E-state index in [0.29, 0.717) is 17.7 Å². The smallest absolute Gasteiger partial charge is 0.261 e. The van der Waals surface area contributed by atoms with Gasteiger partial charge in [-0.1, -0.05) is 30.7 Å². The van der Waals surface area contributed by atoms with Crippen LogP contribution < -0.4 is 4.57 Å². The predicted octanol–water partition coefficient (Wildman–Crippen LogP) is 5.05. The maximum atomic E-state index is 12.9. The second-order valence-electron chi connectivity index (χ2n) is 8.45. The van der Waals surface area contributed by atoms with Crippen molar-refractivity contribution in [2.75, 3.05) is 6.54 Å². The Labute approximate surface area is 193 Å². The van der Waals surface area contributed by atoms with Gasteiger partial charge >= 0.3 is 0 Å². The number of rotatable bonds is 8. The number of aryl methyl sites for hydroxylation is 1. The lowest BCUT2D eigenvalue weighted by Gasteiger charge is -2.27. The van der Waals surface area contributed by atoms with Gasteiger partial charge in [0, 0.05) is 54.0 Å². The number of carbonyl (C=O) groups excluding carboxylic acids is 2. The largest absolute Gasteiger partial charge is 0.274 e. The molecule has 0 atom stereocenters. The highest BCUT2D eigenvalue weighted by molar-refractivity contribution is 6.25. The molecule has 0 N–H and O–H groups in total. The molecule has 0 saturated heterocycles. The molecular weight excluding hydrogens is 410 g/mol. The number of carbonyl (C=O) groups is 2. The number of aromatic nitrogens is 2. The van der Waals surface area contributed by atoms with Crippen LogP contribution in [0.15, 0.2) is 85.5 Å². The molecule has 3 heterocycles. The average Bonchev–Trinajstić information content (AvgIpc) is 2.87. The van der Waals surface area contributed by atoms with Crippen LogP contribution in [0.1, 0.15) is 46.4 Å². The summed E-state index contributed by atoms with van der Waals surface area (Å²) in [6.07, 6.45) is 11.8. The molecule has 0 spiro atoms. The summed E-state index contributed by atoms with van der Waals surface area (Å²) in [7, 11) is 0. The molecular formula is C28H26N3O2+. The maximum absolute atomic E-state index is 12.9. The molecule has 5 heteroatoms. The summed E-state index contributed by atoms with van der Waals surface area (Å²) >= 11 is 0. The summed E-state index contributed by atoms with van der Waals surface area (Å²) in [5, 5.41) is 1.73. The lowest BCUT2D eigenvalue weighted by Crippen LogP contribution is -2.40. The van der Waals surface area contributed by atoms with Crippen molar-refractivity contribution in [1.82, 2.24) is 9.88 Å². The van der Waals surface area contributed by atoms with Gasteiger partial charge in [-0.3, -0.25) is 19.5 Å². The summed E-state index contributed by atoms with van der Waals surface area (Å²) < 4.78 is 2.19. The van der Waals surface area contributed by atoms with Gasteiger partial charge in [0.15, 0.2) is 12.4 Å². The first-order valence-electron chi connectivity index (χ1n) is 11.5. The van der Waals surface area contributed by atoms with E-state index in [1.54, 1.807) is 12.4 Å². The summed E-state index contributed by atoms with van der Waals surface area (Å²) in [6.45, 7) is 1.42. The minimum atomic E-state index is -0.172. The van der Waals surface area contributed by atoms with Crippen molar-refractivity contribution >= 4 is 22.6 Å². The zero-order chi connectivity index (χ0) is 22.6. The molecule has 1 aliphatic heterocycles. The third-order valence-electron chi connectivity index (χ3n) is 6.31. The third kappa shape index (κ3) is 4.27. The predicted molar refractivity (Wildman–Crippen MR) is 128 cm³/mol. The van der Waals surface area contributed by atoms with Crippen molar-refractivity contribution in [3.63, 3.8) is 0 Å². The topological polar surface area (TPSA) is 54.2 Å². The maximum Gasteiger partial charge on any atom is 0.261 e. The summed E-state index contributed by atoms with van der Waals surface area (Å²) in [4.78, 5) is 31.4. The van der Waals surface area contributed by atoms with Gasteiger partial charge in [-0.05, 0) is 53.6 Å². The number of imide groups is 1. The minimum Gasteiger partial charge on any atom is -0.274 e. The van der Waals surface area contributed by atoms with Crippen LogP contribution in [-0.4, -0.2) is 28.2 Å². The van der Waals surface area contributed by atoms with E-state index >= 15 is 0 Å². The van der Waals surface area contributed by atoms with E-state index in [4.69, 9.17) is 0 Å². The summed E-state index contributed by atoms with van der Waals surface area (Å²) in [5.74, 6) is -0.344. The summed E-state index contributed by atoms with van der Waals surface area (Å²) in [6, 6.07) is 19.6. The van der Waals surface area contributed by atoms with Gasteiger partial charge < -0.3 is 0 Å². The molecule has 1 aliphatic rings. The molecule has 164 valence electrons. The van der Waals surface area contributed by atoms with Crippen LogP contribution in [0.25, 0.3) is 21.9 Å². The van der Waals surface area contributed by atoms with Crippen LogP contribution in [0.3, 0.4) is 0 Å². The Balaban J connectivity index is 1.11. The van der Waals surface area contributed by atoms with Gasteiger partial charge in [-0.25, -0.2) is 4.57 Å². The molecule has 2 aromatic carbocycles. The van der Waals surface area contributed by atoms with Crippen LogP contribution in [0.2, 0.25) is 0 Å².